The van der Waals surface area contributed by atoms with Crippen LogP contribution in [0.5, 0.6) is 0 Å². The van der Waals surface area contributed by atoms with Crippen LogP contribution in [0.2, 0.25) is 0 Å². The first-order chi connectivity index (χ1) is 10.8. The first-order valence-corrected chi connectivity index (χ1v) is 7.64. The number of aromatic nitrogens is 3. The molecule has 0 N–H and O–H groups in total. The number of hydrogen-bond acceptors (Lipinski definition) is 5. The normalized spacial score (nSPS) is 25.7. The van der Waals surface area contributed by atoms with E-state index in [4.69, 9.17) is 9.47 Å². The second-order valence-corrected chi connectivity index (χ2v) is 5.68. The molecule has 0 spiro atoms. The molecular formula is C15H18N4O3. The van der Waals surface area contributed by atoms with Crippen LogP contribution in [0.15, 0.2) is 24.5 Å². The largest absolute Gasteiger partial charge is 0.375 e. The van der Waals surface area contributed by atoms with Crippen LogP contribution in [0.25, 0.3) is 5.65 Å². The van der Waals surface area contributed by atoms with E-state index in [9.17, 15) is 4.79 Å². The molecular weight excluding hydrogens is 284 g/mol. The van der Waals surface area contributed by atoms with Crippen LogP contribution in [0.1, 0.15) is 23.3 Å². The molecule has 2 unspecified atom stereocenters. The third-order valence-corrected chi connectivity index (χ3v) is 4.31. The number of pyridine rings is 1. The molecule has 0 aromatic carbocycles. The number of fused-ring (bicyclic) bond motifs is 1. The number of ether oxygens (including phenoxy) is 2. The summed E-state index contributed by atoms with van der Waals surface area (Å²) in [5, 5.41) is 7.85. The molecule has 0 saturated carbocycles. The number of nitrogens with zero attached hydrogens (tertiary/aromatic N) is 4. The Morgan fingerprint density at radius 1 is 1.23 bits per heavy atom. The molecule has 4 rings (SSSR count). The molecule has 7 heteroatoms. The maximum atomic E-state index is 12.8. The van der Waals surface area contributed by atoms with Gasteiger partial charge in [0.1, 0.15) is 18.1 Å². The molecule has 2 fully saturated rings. The maximum absolute atomic E-state index is 12.8. The summed E-state index contributed by atoms with van der Waals surface area (Å²) in [5.41, 5.74) is 1.25. The fourth-order valence-corrected chi connectivity index (χ4v) is 3.17. The molecule has 1 amide bonds. The molecule has 22 heavy (non-hydrogen) atoms. The Balaban J connectivity index is 1.55. The highest BCUT2D eigenvalue weighted by Crippen LogP contribution is 2.22. The Hall–Kier alpha value is -1.99. The van der Waals surface area contributed by atoms with Crippen molar-refractivity contribution in [2.75, 3.05) is 26.3 Å². The van der Waals surface area contributed by atoms with Crippen molar-refractivity contribution in [3.8, 4) is 0 Å². The van der Waals surface area contributed by atoms with E-state index in [-0.39, 0.29) is 18.1 Å². The molecule has 4 heterocycles. The zero-order valence-corrected chi connectivity index (χ0v) is 12.2. The van der Waals surface area contributed by atoms with Crippen molar-refractivity contribution in [2.24, 2.45) is 0 Å². The fourth-order valence-electron chi connectivity index (χ4n) is 3.17. The second kappa shape index (κ2) is 5.66. The van der Waals surface area contributed by atoms with Gasteiger partial charge in [-0.2, -0.15) is 0 Å². The average molecular weight is 302 g/mol. The Morgan fingerprint density at radius 3 is 3.00 bits per heavy atom. The van der Waals surface area contributed by atoms with E-state index in [1.165, 1.54) is 0 Å². The third kappa shape index (κ3) is 2.36. The van der Waals surface area contributed by atoms with Crippen LogP contribution in [0.3, 0.4) is 0 Å². The van der Waals surface area contributed by atoms with Gasteiger partial charge in [-0.25, -0.2) is 0 Å². The lowest BCUT2D eigenvalue weighted by atomic mass is 10.1. The van der Waals surface area contributed by atoms with Crippen LogP contribution in [-0.4, -0.2) is 63.9 Å². The van der Waals surface area contributed by atoms with E-state index in [1.807, 2.05) is 17.0 Å². The van der Waals surface area contributed by atoms with Crippen LogP contribution < -0.4 is 0 Å². The molecule has 2 saturated heterocycles. The molecule has 0 aliphatic carbocycles. The van der Waals surface area contributed by atoms with E-state index >= 15 is 0 Å². The minimum absolute atomic E-state index is 0.0169. The lowest BCUT2D eigenvalue weighted by Crippen LogP contribution is -2.50. The summed E-state index contributed by atoms with van der Waals surface area (Å²) in [5.74, 6) is -0.0169. The summed E-state index contributed by atoms with van der Waals surface area (Å²) < 4.78 is 13.2. The van der Waals surface area contributed by atoms with Gasteiger partial charge in [0.2, 0.25) is 0 Å². The van der Waals surface area contributed by atoms with Crippen LogP contribution in [0.4, 0.5) is 0 Å². The second-order valence-electron chi connectivity index (χ2n) is 5.68. The van der Waals surface area contributed by atoms with Gasteiger partial charge in [-0.1, -0.05) is 6.07 Å². The zero-order valence-electron chi connectivity index (χ0n) is 12.2. The molecule has 0 bridgehead atoms. The summed E-state index contributed by atoms with van der Waals surface area (Å²) in [6.07, 6.45) is 3.73. The van der Waals surface area contributed by atoms with Crippen LogP contribution in [-0.2, 0) is 9.47 Å². The number of amides is 1. The Labute approximate surface area is 127 Å². The molecule has 2 aliphatic heterocycles. The van der Waals surface area contributed by atoms with Crippen molar-refractivity contribution in [2.45, 2.75) is 25.0 Å². The van der Waals surface area contributed by atoms with Gasteiger partial charge in [-0.05, 0) is 25.0 Å². The standard InChI is InChI=1S/C15H18N4O3/c20-15(11-3-1-5-14-17-16-10-19(11)14)18-6-8-22-13(9-18)12-4-2-7-21-12/h1,3,5,10,12-13H,2,4,6-9H2. The van der Waals surface area contributed by atoms with Gasteiger partial charge in [0.15, 0.2) is 5.65 Å². The molecule has 2 aromatic heterocycles. The van der Waals surface area contributed by atoms with E-state index in [1.54, 1.807) is 16.8 Å². The predicted molar refractivity (Wildman–Crippen MR) is 77.6 cm³/mol. The topological polar surface area (TPSA) is 69.0 Å². The lowest BCUT2D eigenvalue weighted by molar-refractivity contribution is -0.0868. The van der Waals surface area contributed by atoms with Gasteiger partial charge in [0.05, 0.1) is 12.7 Å². The Bertz CT molecular complexity index is 680. The first-order valence-electron chi connectivity index (χ1n) is 7.64. The number of carbonyl (C=O) groups is 1. The third-order valence-electron chi connectivity index (χ3n) is 4.31. The maximum Gasteiger partial charge on any atom is 0.271 e. The summed E-state index contributed by atoms with van der Waals surface area (Å²) in [7, 11) is 0. The predicted octanol–water partition coefficient (Wildman–Crippen LogP) is 0.749. The highest BCUT2D eigenvalue weighted by Gasteiger charge is 2.33. The fraction of sp³-hybridized carbons (Fsp3) is 0.533. The average Bonchev–Trinajstić information content (AvgIpc) is 3.25. The zero-order chi connectivity index (χ0) is 14.9. The number of rotatable bonds is 2. The number of morpholine rings is 1. The quantitative estimate of drug-likeness (QED) is 0.819. The highest BCUT2D eigenvalue weighted by atomic mass is 16.5. The Morgan fingerprint density at radius 2 is 2.14 bits per heavy atom. The van der Waals surface area contributed by atoms with Gasteiger partial charge in [-0.15, -0.1) is 10.2 Å². The SMILES string of the molecule is O=C(c1cccc2nncn12)N1CCOC(C2CCCO2)C1. The van der Waals surface area contributed by atoms with Gasteiger partial charge in [0.25, 0.3) is 5.91 Å². The van der Waals surface area contributed by atoms with Crippen molar-refractivity contribution < 1.29 is 14.3 Å². The number of carbonyl (C=O) groups excluding carboxylic acids is 1. The van der Waals surface area contributed by atoms with E-state index in [2.05, 4.69) is 10.2 Å². The van der Waals surface area contributed by atoms with Gasteiger partial charge in [-0.3, -0.25) is 9.20 Å². The molecule has 116 valence electrons. The van der Waals surface area contributed by atoms with Crippen LogP contribution in [0, 0.1) is 0 Å². The van der Waals surface area contributed by atoms with Crippen molar-refractivity contribution >= 4 is 11.6 Å². The van der Waals surface area contributed by atoms with Gasteiger partial charge < -0.3 is 14.4 Å². The summed E-state index contributed by atoms with van der Waals surface area (Å²) in [6, 6.07) is 5.46. The van der Waals surface area contributed by atoms with Crippen LogP contribution >= 0.6 is 0 Å². The minimum atomic E-state index is -0.0275. The smallest absolute Gasteiger partial charge is 0.271 e. The van der Waals surface area contributed by atoms with Gasteiger partial charge >= 0.3 is 0 Å². The highest BCUT2D eigenvalue weighted by molar-refractivity contribution is 5.93. The molecule has 2 aromatic rings. The lowest BCUT2D eigenvalue weighted by Gasteiger charge is -2.35. The molecule has 2 aliphatic rings. The van der Waals surface area contributed by atoms with Crippen molar-refractivity contribution in [3.05, 3.63) is 30.2 Å². The monoisotopic (exact) mass is 302 g/mol. The summed E-state index contributed by atoms with van der Waals surface area (Å²) >= 11 is 0. The molecule has 2 atom stereocenters. The summed E-state index contributed by atoms with van der Waals surface area (Å²) in [4.78, 5) is 14.7. The minimum Gasteiger partial charge on any atom is -0.375 e. The Kier molecular flexibility index (Phi) is 3.51. The van der Waals surface area contributed by atoms with E-state index < -0.39 is 0 Å². The van der Waals surface area contributed by atoms with E-state index in [0.29, 0.717) is 31.0 Å². The molecule has 0 radical (unpaired) electrons. The summed E-state index contributed by atoms with van der Waals surface area (Å²) in [6.45, 7) is 2.51. The molecule has 7 nitrogen and oxygen atoms in total. The van der Waals surface area contributed by atoms with Crippen molar-refractivity contribution in [1.29, 1.82) is 0 Å². The van der Waals surface area contributed by atoms with Crippen molar-refractivity contribution in [1.82, 2.24) is 19.5 Å². The van der Waals surface area contributed by atoms with E-state index in [0.717, 1.165) is 19.4 Å². The van der Waals surface area contributed by atoms with Gasteiger partial charge in [0, 0.05) is 19.7 Å². The van der Waals surface area contributed by atoms with Crippen molar-refractivity contribution in [3.63, 3.8) is 0 Å². The number of hydrogen-bond donors (Lipinski definition) is 0. The first kappa shape index (κ1) is 13.7.